The number of carbonyl (C=O) groups is 3. The fourth-order valence-electron chi connectivity index (χ4n) is 4.06. The number of carbonyl (C=O) groups excluding carboxylic acids is 3. The van der Waals surface area contributed by atoms with Crippen molar-refractivity contribution in [3.8, 4) is 0 Å². The minimum absolute atomic E-state index is 0.147. The van der Waals surface area contributed by atoms with Gasteiger partial charge in [0.2, 0.25) is 0 Å². The largest absolute Gasteiger partial charge is 0.327 e. The zero-order valence-corrected chi connectivity index (χ0v) is 16.1. The lowest BCUT2D eigenvalue weighted by molar-refractivity contribution is -0.129. The van der Waals surface area contributed by atoms with E-state index in [1.165, 1.54) is 4.90 Å². The van der Waals surface area contributed by atoms with Crippen LogP contribution >= 0.6 is 0 Å². The molecule has 0 spiro atoms. The number of urea groups is 1. The second kappa shape index (κ2) is 6.78. The molecule has 2 saturated heterocycles. The maximum absolute atomic E-state index is 13.3. The molecule has 6 heteroatoms. The molecule has 4 amide bonds. The van der Waals surface area contributed by atoms with Gasteiger partial charge in [0, 0.05) is 12.6 Å². The van der Waals surface area contributed by atoms with Crippen LogP contribution in [0.15, 0.2) is 60.7 Å². The van der Waals surface area contributed by atoms with Gasteiger partial charge < -0.3 is 9.80 Å². The van der Waals surface area contributed by atoms with Crippen molar-refractivity contribution in [3.05, 3.63) is 71.8 Å². The van der Waals surface area contributed by atoms with E-state index in [1.54, 1.807) is 41.1 Å². The summed E-state index contributed by atoms with van der Waals surface area (Å²) in [7, 11) is 1.71. The second-order valence-corrected chi connectivity index (χ2v) is 7.46. The molecule has 2 heterocycles. The third kappa shape index (κ3) is 2.76. The lowest BCUT2D eigenvalue weighted by Gasteiger charge is -2.24. The Bertz CT molecular complexity index is 915. The SMILES string of the molecule is C[C@H]1[C@@H](c2ccccc2)N(C(=O)[C@H]2[C@H](C)N2C(=O)c2ccccc2)C(=O)N1C. The molecule has 2 aromatic rings. The summed E-state index contributed by atoms with van der Waals surface area (Å²) in [5, 5.41) is 0. The highest BCUT2D eigenvalue weighted by molar-refractivity contribution is 6.06. The molecule has 2 aliphatic rings. The standard InChI is InChI=1S/C22H23N3O3/c1-14-18(16-10-6-4-7-11-16)25(22(28)23(14)3)21(27)19-15(2)24(19)20(26)17-12-8-5-9-13-17/h4-15,18-19H,1-3H3/t14-,15-,18-,19+,24?/m0/s1. The highest BCUT2D eigenvalue weighted by atomic mass is 16.2. The van der Waals surface area contributed by atoms with E-state index in [2.05, 4.69) is 0 Å². The van der Waals surface area contributed by atoms with E-state index in [0.717, 1.165) is 5.56 Å². The highest BCUT2D eigenvalue weighted by Crippen LogP contribution is 2.39. The number of imide groups is 1. The van der Waals surface area contributed by atoms with E-state index in [-0.39, 0.29) is 36.0 Å². The molecule has 0 N–H and O–H groups in total. The van der Waals surface area contributed by atoms with Crippen LogP contribution in [-0.4, -0.2) is 57.7 Å². The Balaban J connectivity index is 1.61. The predicted octanol–water partition coefficient (Wildman–Crippen LogP) is 2.92. The molecule has 0 bridgehead atoms. The molecule has 2 aromatic carbocycles. The average molecular weight is 377 g/mol. The van der Waals surface area contributed by atoms with Crippen molar-refractivity contribution in [1.29, 1.82) is 0 Å². The number of hydrogen-bond acceptors (Lipinski definition) is 3. The van der Waals surface area contributed by atoms with Gasteiger partial charge in [-0.1, -0.05) is 48.5 Å². The first-order chi connectivity index (χ1) is 13.4. The molecular weight excluding hydrogens is 354 g/mol. The van der Waals surface area contributed by atoms with E-state index in [1.807, 2.05) is 50.2 Å². The number of hydrogen-bond donors (Lipinski definition) is 0. The number of nitrogens with zero attached hydrogens (tertiary/aromatic N) is 3. The summed E-state index contributed by atoms with van der Waals surface area (Å²) in [6, 6.07) is 16.8. The molecule has 6 nitrogen and oxygen atoms in total. The van der Waals surface area contributed by atoms with Gasteiger partial charge >= 0.3 is 6.03 Å². The fourth-order valence-corrected chi connectivity index (χ4v) is 4.06. The van der Waals surface area contributed by atoms with Crippen LogP contribution < -0.4 is 0 Å². The van der Waals surface area contributed by atoms with Gasteiger partial charge in [-0.2, -0.15) is 0 Å². The molecule has 4 atom stereocenters. The Labute approximate surface area is 164 Å². The van der Waals surface area contributed by atoms with Crippen LogP contribution in [0.1, 0.15) is 35.8 Å². The second-order valence-electron chi connectivity index (χ2n) is 7.46. The average Bonchev–Trinajstić information content (AvgIpc) is 3.35. The van der Waals surface area contributed by atoms with E-state index in [0.29, 0.717) is 5.56 Å². The summed E-state index contributed by atoms with van der Waals surface area (Å²) >= 11 is 0. The first-order valence-corrected chi connectivity index (χ1v) is 9.46. The van der Waals surface area contributed by atoms with Crippen LogP contribution in [0.2, 0.25) is 0 Å². The van der Waals surface area contributed by atoms with Crippen LogP contribution in [0.4, 0.5) is 4.79 Å². The maximum Gasteiger partial charge on any atom is 0.327 e. The summed E-state index contributed by atoms with van der Waals surface area (Å²) in [6.07, 6.45) is 0. The summed E-state index contributed by atoms with van der Waals surface area (Å²) in [6.45, 7) is 3.78. The van der Waals surface area contributed by atoms with Crippen LogP contribution in [-0.2, 0) is 4.79 Å². The van der Waals surface area contributed by atoms with Gasteiger partial charge in [-0.05, 0) is 31.5 Å². The third-order valence-corrected chi connectivity index (χ3v) is 5.85. The topological polar surface area (TPSA) is 60.7 Å². The third-order valence-electron chi connectivity index (χ3n) is 5.85. The van der Waals surface area contributed by atoms with Crippen molar-refractivity contribution < 1.29 is 14.4 Å². The van der Waals surface area contributed by atoms with E-state index >= 15 is 0 Å². The monoisotopic (exact) mass is 377 g/mol. The molecule has 0 aromatic heterocycles. The minimum atomic E-state index is -0.610. The number of likely N-dealkylation sites (N-methyl/N-ethyl adjacent to an activating group) is 1. The highest BCUT2D eigenvalue weighted by Gasteiger charge is 2.58. The zero-order chi connectivity index (χ0) is 20.0. The molecule has 0 radical (unpaired) electrons. The smallest absolute Gasteiger partial charge is 0.322 e. The van der Waals surface area contributed by atoms with Gasteiger partial charge in [0.25, 0.3) is 11.8 Å². The van der Waals surface area contributed by atoms with Gasteiger partial charge in [0.05, 0.1) is 18.1 Å². The molecule has 0 unspecified atom stereocenters. The molecule has 0 saturated carbocycles. The molecule has 28 heavy (non-hydrogen) atoms. The summed E-state index contributed by atoms with van der Waals surface area (Å²) in [4.78, 5) is 43.4. The molecule has 4 rings (SSSR count). The normalized spacial score (nSPS) is 26.5. The van der Waals surface area contributed by atoms with Crippen LogP contribution in [0.25, 0.3) is 0 Å². The first-order valence-electron chi connectivity index (χ1n) is 9.46. The summed E-state index contributed by atoms with van der Waals surface area (Å²) in [5.41, 5.74) is 1.46. The Hall–Kier alpha value is -3.15. The lowest BCUT2D eigenvalue weighted by atomic mass is 10.00. The van der Waals surface area contributed by atoms with Gasteiger partial charge in [-0.15, -0.1) is 0 Å². The molecule has 144 valence electrons. The van der Waals surface area contributed by atoms with Crippen LogP contribution in [0.3, 0.4) is 0 Å². The van der Waals surface area contributed by atoms with E-state index < -0.39 is 6.04 Å². The van der Waals surface area contributed by atoms with E-state index in [9.17, 15) is 14.4 Å². The van der Waals surface area contributed by atoms with Crippen LogP contribution in [0, 0.1) is 0 Å². The van der Waals surface area contributed by atoms with Gasteiger partial charge in [0.1, 0.15) is 6.04 Å². The molecule has 0 aliphatic carbocycles. The Kier molecular flexibility index (Phi) is 4.41. The van der Waals surface area contributed by atoms with Crippen molar-refractivity contribution in [2.75, 3.05) is 7.05 Å². The van der Waals surface area contributed by atoms with Crippen molar-refractivity contribution in [3.63, 3.8) is 0 Å². The van der Waals surface area contributed by atoms with Gasteiger partial charge in [-0.3, -0.25) is 14.5 Å². The molecule has 2 fully saturated rings. The Morgan fingerprint density at radius 3 is 2.04 bits per heavy atom. The van der Waals surface area contributed by atoms with Crippen molar-refractivity contribution in [1.82, 2.24) is 14.7 Å². The maximum atomic E-state index is 13.3. The zero-order valence-electron chi connectivity index (χ0n) is 16.1. The number of benzene rings is 2. The van der Waals surface area contributed by atoms with E-state index in [4.69, 9.17) is 0 Å². The Morgan fingerprint density at radius 1 is 0.857 bits per heavy atom. The minimum Gasteiger partial charge on any atom is -0.322 e. The van der Waals surface area contributed by atoms with Crippen molar-refractivity contribution in [2.45, 2.75) is 38.0 Å². The van der Waals surface area contributed by atoms with Gasteiger partial charge in [0.15, 0.2) is 0 Å². The van der Waals surface area contributed by atoms with Gasteiger partial charge in [-0.25, -0.2) is 4.79 Å². The lowest BCUT2D eigenvalue weighted by Crippen LogP contribution is -2.40. The fraction of sp³-hybridized carbons (Fsp3) is 0.318. The first kappa shape index (κ1) is 18.2. The predicted molar refractivity (Wildman–Crippen MR) is 105 cm³/mol. The van der Waals surface area contributed by atoms with Crippen LogP contribution in [0.5, 0.6) is 0 Å². The number of amides is 4. The van der Waals surface area contributed by atoms with Crippen molar-refractivity contribution in [2.24, 2.45) is 0 Å². The van der Waals surface area contributed by atoms with Crippen molar-refractivity contribution >= 4 is 17.8 Å². The quantitative estimate of drug-likeness (QED) is 0.773. The number of rotatable bonds is 3. The molecular formula is C22H23N3O3. The summed E-state index contributed by atoms with van der Waals surface area (Å²) < 4.78 is 0. The Morgan fingerprint density at radius 2 is 1.43 bits per heavy atom. The molecule has 2 aliphatic heterocycles. The summed E-state index contributed by atoms with van der Waals surface area (Å²) in [5.74, 6) is -0.498.